The van der Waals surface area contributed by atoms with Gasteiger partial charge in [0.2, 0.25) is 0 Å². The topological polar surface area (TPSA) is 54.9 Å². The molecule has 0 atom stereocenters. The van der Waals surface area contributed by atoms with E-state index in [0.29, 0.717) is 6.10 Å². The molecule has 0 aromatic carbocycles. The molecular weight excluding hydrogens is 254 g/mol. The van der Waals surface area contributed by atoms with Gasteiger partial charge in [0.05, 0.1) is 6.10 Å². The first-order valence-corrected chi connectivity index (χ1v) is 7.77. The maximum atomic E-state index is 5.84. The average molecular weight is 285 g/mol. The SMILES string of the molecule is CCNC(=NCCCOC1CCOCC1)NC(C)(C)C. The van der Waals surface area contributed by atoms with Crippen molar-refractivity contribution in [1.82, 2.24) is 10.6 Å². The van der Waals surface area contributed by atoms with Crippen molar-refractivity contribution in [2.75, 3.05) is 32.9 Å². The second-order valence-electron chi connectivity index (χ2n) is 6.17. The fourth-order valence-corrected chi connectivity index (χ4v) is 2.01. The molecule has 2 N–H and O–H groups in total. The summed E-state index contributed by atoms with van der Waals surface area (Å²) in [4.78, 5) is 4.57. The Bertz CT molecular complexity index is 281. The molecule has 5 nitrogen and oxygen atoms in total. The lowest BCUT2D eigenvalue weighted by Gasteiger charge is -2.24. The number of guanidine groups is 1. The number of aliphatic imine (C=N–C) groups is 1. The zero-order chi connectivity index (χ0) is 14.8. The van der Waals surface area contributed by atoms with Crippen LogP contribution in [0.1, 0.15) is 47.0 Å². The van der Waals surface area contributed by atoms with E-state index in [0.717, 1.165) is 58.1 Å². The van der Waals surface area contributed by atoms with Crippen molar-refractivity contribution in [3.8, 4) is 0 Å². The minimum atomic E-state index is 0.0274. The van der Waals surface area contributed by atoms with Crippen LogP contribution in [0.5, 0.6) is 0 Å². The molecule has 1 fully saturated rings. The first-order valence-electron chi connectivity index (χ1n) is 7.77. The van der Waals surface area contributed by atoms with Crippen molar-refractivity contribution in [2.45, 2.75) is 58.6 Å². The highest BCUT2D eigenvalue weighted by Gasteiger charge is 2.13. The van der Waals surface area contributed by atoms with Crippen molar-refractivity contribution < 1.29 is 9.47 Å². The highest BCUT2D eigenvalue weighted by molar-refractivity contribution is 5.80. The maximum Gasteiger partial charge on any atom is 0.191 e. The fraction of sp³-hybridized carbons (Fsp3) is 0.933. The van der Waals surface area contributed by atoms with E-state index in [-0.39, 0.29) is 5.54 Å². The summed E-state index contributed by atoms with van der Waals surface area (Å²) in [7, 11) is 0. The molecule has 0 radical (unpaired) electrons. The van der Waals surface area contributed by atoms with Crippen molar-refractivity contribution in [2.24, 2.45) is 4.99 Å². The lowest BCUT2D eigenvalue weighted by molar-refractivity contribution is -0.0318. The van der Waals surface area contributed by atoms with Gasteiger partial charge in [0.15, 0.2) is 5.96 Å². The molecule has 0 bridgehead atoms. The van der Waals surface area contributed by atoms with Crippen LogP contribution in [0.15, 0.2) is 4.99 Å². The van der Waals surface area contributed by atoms with Gasteiger partial charge in [0.1, 0.15) is 0 Å². The number of rotatable bonds is 6. The normalized spacial score (nSPS) is 18.1. The van der Waals surface area contributed by atoms with Gasteiger partial charge in [-0.15, -0.1) is 0 Å². The number of ether oxygens (including phenoxy) is 2. The second-order valence-corrected chi connectivity index (χ2v) is 6.17. The van der Waals surface area contributed by atoms with E-state index in [2.05, 4.69) is 43.3 Å². The van der Waals surface area contributed by atoms with Gasteiger partial charge in [-0.1, -0.05) is 0 Å². The minimum Gasteiger partial charge on any atom is -0.381 e. The molecule has 0 saturated carbocycles. The largest absolute Gasteiger partial charge is 0.381 e. The summed E-state index contributed by atoms with van der Waals surface area (Å²) in [6.07, 6.45) is 3.39. The molecule has 118 valence electrons. The second kappa shape index (κ2) is 9.19. The summed E-state index contributed by atoms with van der Waals surface area (Å²) in [6.45, 7) is 12.6. The number of nitrogens with one attached hydrogen (secondary N) is 2. The summed E-state index contributed by atoms with van der Waals surface area (Å²) < 4.78 is 11.1. The maximum absolute atomic E-state index is 5.84. The van der Waals surface area contributed by atoms with Crippen LogP contribution >= 0.6 is 0 Å². The van der Waals surface area contributed by atoms with Crippen LogP contribution in [0.3, 0.4) is 0 Å². The average Bonchev–Trinajstić information content (AvgIpc) is 2.38. The molecule has 1 rings (SSSR count). The number of nitrogens with zero attached hydrogens (tertiary/aromatic N) is 1. The van der Waals surface area contributed by atoms with E-state index in [4.69, 9.17) is 9.47 Å². The van der Waals surface area contributed by atoms with E-state index in [1.165, 1.54) is 0 Å². The summed E-state index contributed by atoms with van der Waals surface area (Å²) in [5.74, 6) is 0.881. The van der Waals surface area contributed by atoms with Crippen LogP contribution in [-0.2, 0) is 9.47 Å². The van der Waals surface area contributed by atoms with Crippen LogP contribution in [0.2, 0.25) is 0 Å². The van der Waals surface area contributed by atoms with E-state index in [1.807, 2.05) is 0 Å². The third-order valence-electron chi connectivity index (χ3n) is 2.93. The molecule has 1 saturated heterocycles. The van der Waals surface area contributed by atoms with Crippen LogP contribution in [0, 0.1) is 0 Å². The predicted molar refractivity (Wildman–Crippen MR) is 83.3 cm³/mol. The van der Waals surface area contributed by atoms with Gasteiger partial charge in [-0.3, -0.25) is 4.99 Å². The highest BCUT2D eigenvalue weighted by atomic mass is 16.5. The Morgan fingerprint density at radius 2 is 2.00 bits per heavy atom. The summed E-state index contributed by atoms with van der Waals surface area (Å²) >= 11 is 0. The van der Waals surface area contributed by atoms with Crippen molar-refractivity contribution >= 4 is 5.96 Å². The zero-order valence-electron chi connectivity index (χ0n) is 13.5. The molecule has 1 aliphatic rings. The monoisotopic (exact) mass is 285 g/mol. The molecule has 0 aromatic heterocycles. The van der Waals surface area contributed by atoms with E-state index < -0.39 is 0 Å². The van der Waals surface area contributed by atoms with E-state index in [9.17, 15) is 0 Å². The third-order valence-corrected chi connectivity index (χ3v) is 2.93. The Hall–Kier alpha value is -0.810. The van der Waals surface area contributed by atoms with Crippen molar-refractivity contribution in [3.05, 3.63) is 0 Å². The molecule has 0 unspecified atom stereocenters. The fourth-order valence-electron chi connectivity index (χ4n) is 2.01. The molecular formula is C15H31N3O2. The predicted octanol–water partition coefficient (Wildman–Crippen LogP) is 1.93. The van der Waals surface area contributed by atoms with Gasteiger partial charge >= 0.3 is 0 Å². The lowest BCUT2D eigenvalue weighted by Crippen LogP contribution is -2.47. The Balaban J connectivity index is 2.18. The Labute approximate surface area is 123 Å². The number of hydrogen-bond donors (Lipinski definition) is 2. The molecule has 0 aromatic rings. The lowest BCUT2D eigenvalue weighted by atomic mass is 10.1. The van der Waals surface area contributed by atoms with Gasteiger partial charge < -0.3 is 20.1 Å². The Kier molecular flexibility index (Phi) is 7.92. The van der Waals surface area contributed by atoms with E-state index in [1.54, 1.807) is 0 Å². The Morgan fingerprint density at radius 3 is 2.60 bits per heavy atom. The molecule has 1 heterocycles. The zero-order valence-corrected chi connectivity index (χ0v) is 13.5. The van der Waals surface area contributed by atoms with E-state index >= 15 is 0 Å². The third kappa shape index (κ3) is 8.38. The molecule has 0 aliphatic carbocycles. The molecule has 0 spiro atoms. The number of hydrogen-bond acceptors (Lipinski definition) is 3. The minimum absolute atomic E-state index is 0.0274. The smallest absolute Gasteiger partial charge is 0.191 e. The first-order chi connectivity index (χ1) is 9.51. The molecule has 5 heteroatoms. The summed E-state index contributed by atoms with van der Waals surface area (Å²) in [6, 6.07) is 0. The van der Waals surface area contributed by atoms with Gasteiger partial charge in [-0.25, -0.2) is 0 Å². The van der Waals surface area contributed by atoms with Gasteiger partial charge in [-0.05, 0) is 47.0 Å². The van der Waals surface area contributed by atoms with Crippen LogP contribution in [-0.4, -0.2) is 50.5 Å². The Morgan fingerprint density at radius 1 is 1.30 bits per heavy atom. The van der Waals surface area contributed by atoms with Crippen LogP contribution < -0.4 is 10.6 Å². The first kappa shape index (κ1) is 17.2. The summed E-state index contributed by atoms with van der Waals surface area (Å²) in [5, 5.41) is 6.64. The van der Waals surface area contributed by atoms with Crippen LogP contribution in [0.4, 0.5) is 0 Å². The van der Waals surface area contributed by atoms with Crippen LogP contribution in [0.25, 0.3) is 0 Å². The quantitative estimate of drug-likeness (QED) is 0.445. The van der Waals surface area contributed by atoms with Crippen molar-refractivity contribution in [1.29, 1.82) is 0 Å². The molecule has 20 heavy (non-hydrogen) atoms. The van der Waals surface area contributed by atoms with Gasteiger partial charge in [0, 0.05) is 38.4 Å². The molecule has 0 amide bonds. The summed E-state index contributed by atoms with van der Waals surface area (Å²) in [5.41, 5.74) is 0.0274. The highest BCUT2D eigenvalue weighted by Crippen LogP contribution is 2.10. The van der Waals surface area contributed by atoms with Gasteiger partial charge in [-0.2, -0.15) is 0 Å². The van der Waals surface area contributed by atoms with Gasteiger partial charge in [0.25, 0.3) is 0 Å². The molecule has 1 aliphatic heterocycles. The standard InChI is InChI=1S/C15H31N3O2/c1-5-16-14(18-15(2,3)4)17-9-6-10-20-13-7-11-19-12-8-13/h13H,5-12H2,1-4H3,(H2,16,17,18). The van der Waals surface area contributed by atoms with Crippen molar-refractivity contribution in [3.63, 3.8) is 0 Å².